The summed E-state index contributed by atoms with van der Waals surface area (Å²) in [6.45, 7) is 0. The Morgan fingerprint density at radius 1 is 0.900 bits per heavy atom. The molecule has 0 amide bonds. The highest BCUT2D eigenvalue weighted by atomic mass is 35.5. The number of hydrogen-bond acceptors (Lipinski definition) is 2. The monoisotopic (exact) mass is 288 g/mol. The molecule has 0 aromatic heterocycles. The van der Waals surface area contributed by atoms with Crippen molar-refractivity contribution in [3.8, 4) is 0 Å². The smallest absolute Gasteiger partial charge is 0.0617 e. The van der Waals surface area contributed by atoms with E-state index in [1.165, 1.54) is 16.8 Å². The molecular weight excluding hydrogens is 268 g/mol. The highest BCUT2D eigenvalue weighted by Crippen LogP contribution is 2.34. The van der Waals surface area contributed by atoms with E-state index < -0.39 is 0 Å². The van der Waals surface area contributed by atoms with Gasteiger partial charge in [0, 0.05) is 24.8 Å². The van der Waals surface area contributed by atoms with Crippen molar-refractivity contribution in [3.63, 3.8) is 0 Å². The van der Waals surface area contributed by atoms with E-state index >= 15 is 0 Å². The molecule has 0 aliphatic carbocycles. The van der Waals surface area contributed by atoms with Gasteiger partial charge in [-0.15, -0.1) is 0 Å². The molecule has 3 heteroatoms. The van der Waals surface area contributed by atoms with Crippen molar-refractivity contribution in [2.45, 2.75) is 6.04 Å². The van der Waals surface area contributed by atoms with Crippen LogP contribution < -0.4 is 4.90 Å². The maximum atomic E-state index is 6.22. The van der Waals surface area contributed by atoms with Crippen LogP contribution in [0.3, 0.4) is 0 Å². The Labute approximate surface area is 126 Å². The minimum atomic E-state index is 0.187. The van der Waals surface area contributed by atoms with E-state index in [0.717, 1.165) is 5.02 Å². The first-order valence-electron chi connectivity index (χ1n) is 6.69. The molecule has 0 fully saturated rings. The van der Waals surface area contributed by atoms with Crippen LogP contribution in [0.15, 0.2) is 48.5 Å². The summed E-state index contributed by atoms with van der Waals surface area (Å²) in [6.07, 6.45) is 0. The molecule has 0 heterocycles. The summed E-state index contributed by atoms with van der Waals surface area (Å²) in [4.78, 5) is 4.35. The van der Waals surface area contributed by atoms with Crippen LogP contribution in [0.25, 0.3) is 0 Å². The summed E-state index contributed by atoms with van der Waals surface area (Å²) < 4.78 is 0. The van der Waals surface area contributed by atoms with Crippen LogP contribution in [0, 0.1) is 0 Å². The molecule has 0 bridgehead atoms. The van der Waals surface area contributed by atoms with E-state index in [1.54, 1.807) is 0 Å². The second kappa shape index (κ2) is 6.29. The highest BCUT2D eigenvalue weighted by Gasteiger charge is 2.20. The molecule has 0 saturated carbocycles. The molecule has 0 spiro atoms. The van der Waals surface area contributed by atoms with Gasteiger partial charge in [0.05, 0.1) is 6.04 Å². The summed E-state index contributed by atoms with van der Waals surface area (Å²) >= 11 is 6.22. The maximum absolute atomic E-state index is 6.22. The van der Waals surface area contributed by atoms with Crippen molar-refractivity contribution in [3.05, 3.63) is 64.7 Å². The van der Waals surface area contributed by atoms with Gasteiger partial charge in [-0.2, -0.15) is 0 Å². The van der Waals surface area contributed by atoms with Gasteiger partial charge >= 0.3 is 0 Å². The Hall–Kier alpha value is -1.51. The van der Waals surface area contributed by atoms with Gasteiger partial charge < -0.3 is 4.90 Å². The Morgan fingerprint density at radius 2 is 1.55 bits per heavy atom. The summed E-state index contributed by atoms with van der Waals surface area (Å²) in [5, 5.41) is 0.772. The lowest BCUT2D eigenvalue weighted by Crippen LogP contribution is -2.23. The van der Waals surface area contributed by atoms with Gasteiger partial charge in [-0.05, 0) is 43.4 Å². The SMILES string of the molecule is CN(C)c1ccc(Cl)cc1C(c1ccccc1)N(C)C. The number of rotatable bonds is 4. The Bertz CT molecular complexity index is 564. The van der Waals surface area contributed by atoms with E-state index in [2.05, 4.69) is 74.4 Å². The summed E-state index contributed by atoms with van der Waals surface area (Å²) in [5.41, 5.74) is 3.68. The lowest BCUT2D eigenvalue weighted by atomic mass is 9.96. The topological polar surface area (TPSA) is 6.48 Å². The minimum absolute atomic E-state index is 0.187. The van der Waals surface area contributed by atoms with Gasteiger partial charge in [0.25, 0.3) is 0 Å². The molecule has 2 nitrogen and oxygen atoms in total. The van der Waals surface area contributed by atoms with Gasteiger partial charge in [0.1, 0.15) is 0 Å². The largest absolute Gasteiger partial charge is 0.377 e. The van der Waals surface area contributed by atoms with E-state index in [4.69, 9.17) is 11.6 Å². The first-order chi connectivity index (χ1) is 9.50. The average Bonchev–Trinajstić information content (AvgIpc) is 2.39. The van der Waals surface area contributed by atoms with Crippen LogP contribution in [0.4, 0.5) is 5.69 Å². The predicted octanol–water partition coefficient (Wildman–Crippen LogP) is 4.06. The van der Waals surface area contributed by atoms with Crippen LogP contribution in [-0.4, -0.2) is 33.1 Å². The van der Waals surface area contributed by atoms with Crippen LogP contribution in [0.1, 0.15) is 17.2 Å². The van der Waals surface area contributed by atoms with Crippen LogP contribution in [0.5, 0.6) is 0 Å². The van der Waals surface area contributed by atoms with E-state index in [0.29, 0.717) is 0 Å². The van der Waals surface area contributed by atoms with Gasteiger partial charge in [-0.25, -0.2) is 0 Å². The average molecular weight is 289 g/mol. The zero-order valence-electron chi connectivity index (χ0n) is 12.5. The summed E-state index contributed by atoms with van der Waals surface area (Å²) in [6, 6.07) is 16.8. The van der Waals surface area contributed by atoms with Gasteiger partial charge in [0.2, 0.25) is 0 Å². The molecule has 0 saturated heterocycles. The van der Waals surface area contributed by atoms with Gasteiger partial charge in [-0.3, -0.25) is 4.90 Å². The first kappa shape index (κ1) is 14.9. The third kappa shape index (κ3) is 3.14. The van der Waals surface area contributed by atoms with Crippen LogP contribution in [-0.2, 0) is 0 Å². The third-order valence-corrected chi connectivity index (χ3v) is 3.63. The summed E-state index contributed by atoms with van der Waals surface area (Å²) in [5.74, 6) is 0. The molecule has 0 N–H and O–H groups in total. The fourth-order valence-electron chi connectivity index (χ4n) is 2.54. The van der Waals surface area contributed by atoms with Crippen molar-refractivity contribution < 1.29 is 0 Å². The molecule has 0 aliphatic heterocycles. The zero-order chi connectivity index (χ0) is 14.7. The van der Waals surface area contributed by atoms with E-state index in [9.17, 15) is 0 Å². The molecule has 2 aromatic rings. The van der Waals surface area contributed by atoms with Gasteiger partial charge in [0.15, 0.2) is 0 Å². The second-order valence-corrected chi connectivity index (χ2v) is 5.81. The Balaban J connectivity index is 2.58. The number of halogens is 1. The fraction of sp³-hybridized carbons (Fsp3) is 0.294. The molecule has 0 aliphatic rings. The van der Waals surface area contributed by atoms with Crippen molar-refractivity contribution >= 4 is 17.3 Å². The number of anilines is 1. The maximum Gasteiger partial charge on any atom is 0.0617 e. The van der Waals surface area contributed by atoms with Crippen molar-refractivity contribution in [1.82, 2.24) is 4.90 Å². The second-order valence-electron chi connectivity index (χ2n) is 5.37. The van der Waals surface area contributed by atoms with Crippen LogP contribution in [0.2, 0.25) is 5.02 Å². The Morgan fingerprint density at radius 3 is 2.10 bits per heavy atom. The van der Waals surface area contributed by atoms with E-state index in [1.807, 2.05) is 12.1 Å². The molecule has 2 rings (SSSR count). The molecule has 2 aromatic carbocycles. The quantitative estimate of drug-likeness (QED) is 0.837. The van der Waals surface area contributed by atoms with Crippen molar-refractivity contribution in [2.75, 3.05) is 33.1 Å². The van der Waals surface area contributed by atoms with Gasteiger partial charge in [-0.1, -0.05) is 41.9 Å². The van der Waals surface area contributed by atoms with Crippen molar-refractivity contribution in [1.29, 1.82) is 0 Å². The van der Waals surface area contributed by atoms with E-state index in [-0.39, 0.29) is 6.04 Å². The van der Waals surface area contributed by atoms with Crippen LogP contribution >= 0.6 is 11.6 Å². The minimum Gasteiger partial charge on any atom is -0.377 e. The van der Waals surface area contributed by atoms with Crippen molar-refractivity contribution in [2.24, 2.45) is 0 Å². The highest BCUT2D eigenvalue weighted by molar-refractivity contribution is 6.30. The summed E-state index contributed by atoms with van der Waals surface area (Å²) in [7, 11) is 8.31. The standard InChI is InChI=1S/C17H21ClN2/c1-19(2)16-11-10-14(18)12-15(16)17(20(3)4)13-8-6-5-7-9-13/h5-12,17H,1-4H3. The number of nitrogens with zero attached hydrogens (tertiary/aromatic N) is 2. The molecule has 0 radical (unpaired) electrons. The lowest BCUT2D eigenvalue weighted by molar-refractivity contribution is 0.342. The first-order valence-corrected chi connectivity index (χ1v) is 7.06. The normalized spacial score (nSPS) is 12.5. The fourth-order valence-corrected chi connectivity index (χ4v) is 2.72. The lowest BCUT2D eigenvalue weighted by Gasteiger charge is -2.29. The molecule has 106 valence electrons. The molecular formula is C17H21ClN2. The zero-order valence-corrected chi connectivity index (χ0v) is 13.2. The number of hydrogen-bond donors (Lipinski definition) is 0. The number of benzene rings is 2. The molecule has 20 heavy (non-hydrogen) atoms. The molecule has 1 atom stereocenters. The predicted molar refractivity (Wildman–Crippen MR) is 87.8 cm³/mol. The third-order valence-electron chi connectivity index (χ3n) is 3.40. The molecule has 1 unspecified atom stereocenters. The Kier molecular flexibility index (Phi) is 4.69.